The minimum absolute atomic E-state index is 0.0787. The van der Waals surface area contributed by atoms with E-state index in [1.165, 1.54) is 13.0 Å². The average Bonchev–Trinajstić information content (AvgIpc) is 2.76. The highest BCUT2D eigenvalue weighted by Crippen LogP contribution is 2.35. The Labute approximate surface area is 131 Å². The van der Waals surface area contributed by atoms with Gasteiger partial charge in [0.1, 0.15) is 11.4 Å². The van der Waals surface area contributed by atoms with Gasteiger partial charge in [-0.3, -0.25) is 0 Å². The average molecular weight is 397 g/mol. The number of nitrogens with zero attached hydrogens (tertiary/aromatic N) is 3. The molecule has 0 aromatic heterocycles. The first-order chi connectivity index (χ1) is 9.85. The molecule has 1 aromatic rings. The summed E-state index contributed by atoms with van der Waals surface area (Å²) in [5, 5.41) is 13.6. The van der Waals surface area contributed by atoms with Crippen LogP contribution in [0.4, 0.5) is 13.2 Å². The second-order valence-electron chi connectivity index (χ2n) is 4.62. The van der Waals surface area contributed by atoms with Crippen molar-refractivity contribution in [1.29, 1.82) is 5.26 Å². The van der Waals surface area contributed by atoms with E-state index in [0.717, 1.165) is 6.92 Å². The molecule has 0 radical (unpaired) electrons. The molecule has 6 nitrogen and oxygen atoms in total. The van der Waals surface area contributed by atoms with Crippen LogP contribution in [-0.4, -0.2) is 13.4 Å². The Morgan fingerprint density at radius 1 is 1.23 bits per heavy atom. The summed E-state index contributed by atoms with van der Waals surface area (Å²) in [6, 6.07) is 1.35. The molecule has 0 aliphatic carbocycles. The van der Waals surface area contributed by atoms with Crippen LogP contribution in [0.3, 0.4) is 0 Å². The van der Waals surface area contributed by atoms with Crippen LogP contribution in [0.1, 0.15) is 16.7 Å². The third-order valence-corrected chi connectivity index (χ3v) is 5.26. The van der Waals surface area contributed by atoms with Gasteiger partial charge in [0.2, 0.25) is 0 Å². The third kappa shape index (κ3) is 2.22. The van der Waals surface area contributed by atoms with Gasteiger partial charge < -0.3 is 0 Å². The maximum atomic E-state index is 13.2. The van der Waals surface area contributed by atoms with Gasteiger partial charge in [0.25, 0.3) is 10.0 Å². The number of primary sulfonamides is 1. The van der Waals surface area contributed by atoms with E-state index < -0.39 is 26.8 Å². The summed E-state index contributed by atoms with van der Waals surface area (Å²) in [7, 11) is -4.57. The first kappa shape index (κ1) is 16.9. The highest BCUT2D eigenvalue weighted by atomic mass is 79.9. The summed E-state index contributed by atoms with van der Waals surface area (Å²) in [4.78, 5) is 4.57. The van der Waals surface area contributed by atoms with Crippen LogP contribution in [0.15, 0.2) is 14.5 Å². The zero-order chi connectivity index (χ0) is 17.1. The lowest BCUT2D eigenvalue weighted by molar-refractivity contribution is -0.138. The SMILES string of the molecule is Cc1c(C(F)(F)F)c(C)c2c(c1Br)=NC(C#N)(S(N)(=O)=O)N=2. The Morgan fingerprint density at radius 3 is 2.14 bits per heavy atom. The van der Waals surface area contributed by atoms with Crippen LogP contribution in [0, 0.1) is 25.2 Å². The fourth-order valence-electron chi connectivity index (χ4n) is 2.20. The van der Waals surface area contributed by atoms with Crippen LogP contribution >= 0.6 is 15.9 Å². The van der Waals surface area contributed by atoms with E-state index in [4.69, 9.17) is 10.4 Å². The Hall–Kier alpha value is -1.51. The number of hydrogen-bond acceptors (Lipinski definition) is 5. The van der Waals surface area contributed by atoms with Crippen LogP contribution in [-0.2, 0) is 16.2 Å². The Kier molecular flexibility index (Phi) is 3.63. The second-order valence-corrected chi connectivity index (χ2v) is 7.07. The summed E-state index contributed by atoms with van der Waals surface area (Å²) in [5.41, 5.74) is -1.45. The maximum absolute atomic E-state index is 13.2. The molecule has 118 valence electrons. The standard InChI is InChI=1S/C11H8BrF3N4O2S/c1-4-6(11(13,14)15)5(2)8-9(7(4)12)19-10(3-16,18-8)22(17,20)21/h1-2H3,(H2,17,20,21). The number of benzene rings is 1. The molecule has 1 aromatic carbocycles. The summed E-state index contributed by atoms with van der Waals surface area (Å²) in [6.45, 7) is 2.34. The molecule has 1 aliphatic heterocycles. The fraction of sp³-hybridized carbons (Fsp3) is 0.364. The molecule has 0 amide bonds. The van der Waals surface area contributed by atoms with Gasteiger partial charge in [0, 0.05) is 4.47 Å². The zero-order valence-corrected chi connectivity index (χ0v) is 13.6. The van der Waals surface area contributed by atoms with Gasteiger partial charge in [0.15, 0.2) is 0 Å². The van der Waals surface area contributed by atoms with Crippen molar-refractivity contribution in [2.75, 3.05) is 0 Å². The van der Waals surface area contributed by atoms with Crippen molar-refractivity contribution >= 4 is 26.0 Å². The Bertz CT molecular complexity index is 950. The fourth-order valence-corrected chi connectivity index (χ4v) is 3.24. The normalized spacial score (nSPS) is 20.8. The second kappa shape index (κ2) is 4.74. The predicted molar refractivity (Wildman–Crippen MR) is 72.4 cm³/mol. The number of hydrogen-bond donors (Lipinski definition) is 1. The molecule has 1 atom stereocenters. The van der Waals surface area contributed by atoms with E-state index in [1.54, 1.807) is 0 Å². The van der Waals surface area contributed by atoms with Gasteiger partial charge in [-0.05, 0) is 40.9 Å². The molecule has 0 fully saturated rings. The van der Waals surface area contributed by atoms with Crippen molar-refractivity contribution in [2.45, 2.75) is 25.0 Å². The lowest BCUT2D eigenvalue weighted by Gasteiger charge is -2.14. The quantitative estimate of drug-likeness (QED) is 0.757. The highest BCUT2D eigenvalue weighted by Gasteiger charge is 2.46. The number of nitriles is 1. The van der Waals surface area contributed by atoms with Gasteiger partial charge in [0.05, 0.1) is 10.9 Å². The zero-order valence-electron chi connectivity index (χ0n) is 11.2. The summed E-state index contributed by atoms with van der Waals surface area (Å²) in [6.07, 6.45) is -4.67. The van der Waals surface area contributed by atoms with Gasteiger partial charge in [-0.1, -0.05) is 0 Å². The Balaban J connectivity index is 3.06. The Morgan fingerprint density at radius 2 is 1.73 bits per heavy atom. The van der Waals surface area contributed by atoms with Gasteiger partial charge in [-0.15, -0.1) is 0 Å². The molecule has 1 aliphatic rings. The molecule has 2 N–H and O–H groups in total. The third-order valence-electron chi connectivity index (χ3n) is 3.22. The lowest BCUT2D eigenvalue weighted by atomic mass is 10.0. The van der Waals surface area contributed by atoms with E-state index in [1.807, 2.05) is 0 Å². The van der Waals surface area contributed by atoms with Crippen molar-refractivity contribution < 1.29 is 21.6 Å². The van der Waals surface area contributed by atoms with Crippen molar-refractivity contribution in [3.8, 4) is 6.07 Å². The maximum Gasteiger partial charge on any atom is 0.417 e. The van der Waals surface area contributed by atoms with Crippen molar-refractivity contribution in [2.24, 2.45) is 15.1 Å². The number of sulfonamides is 1. The molecule has 1 heterocycles. The molecule has 2 rings (SSSR count). The van der Waals surface area contributed by atoms with Gasteiger partial charge in [-0.25, -0.2) is 23.5 Å². The number of rotatable bonds is 1. The summed E-state index contributed by atoms with van der Waals surface area (Å²) in [5.74, 6) is 0. The number of halogens is 4. The van der Waals surface area contributed by atoms with Crippen LogP contribution in [0.5, 0.6) is 0 Å². The van der Waals surface area contributed by atoms with E-state index in [0.29, 0.717) is 0 Å². The first-order valence-corrected chi connectivity index (χ1v) is 7.99. The number of alkyl halides is 3. The smallest absolute Gasteiger partial charge is 0.224 e. The van der Waals surface area contributed by atoms with Crippen LogP contribution in [0.2, 0.25) is 0 Å². The lowest BCUT2D eigenvalue weighted by Crippen LogP contribution is -2.38. The molecule has 0 spiro atoms. The minimum atomic E-state index is -4.67. The molecule has 1 unspecified atom stereocenters. The molecular formula is C11H8BrF3N4O2S. The van der Waals surface area contributed by atoms with Crippen molar-refractivity contribution in [3.63, 3.8) is 0 Å². The summed E-state index contributed by atoms with van der Waals surface area (Å²) < 4.78 is 62.6. The predicted octanol–water partition coefficient (Wildman–Crippen LogP) is 0.803. The largest absolute Gasteiger partial charge is 0.417 e. The summed E-state index contributed by atoms with van der Waals surface area (Å²) >= 11 is 2.96. The highest BCUT2D eigenvalue weighted by molar-refractivity contribution is 9.10. The molecule has 22 heavy (non-hydrogen) atoms. The van der Waals surface area contributed by atoms with Gasteiger partial charge in [-0.2, -0.15) is 18.4 Å². The topological polar surface area (TPSA) is 109 Å². The molecule has 0 bridgehead atoms. The number of nitrogens with two attached hydrogens (primary N) is 1. The van der Waals surface area contributed by atoms with E-state index in [2.05, 4.69) is 25.9 Å². The van der Waals surface area contributed by atoms with Crippen LogP contribution < -0.4 is 15.9 Å². The molecular weight excluding hydrogens is 389 g/mol. The molecule has 11 heteroatoms. The van der Waals surface area contributed by atoms with E-state index >= 15 is 0 Å². The monoisotopic (exact) mass is 396 g/mol. The van der Waals surface area contributed by atoms with E-state index in [-0.39, 0.29) is 26.3 Å². The minimum Gasteiger partial charge on any atom is -0.224 e. The van der Waals surface area contributed by atoms with Crippen molar-refractivity contribution in [1.82, 2.24) is 0 Å². The number of fused-ring (bicyclic) bond motifs is 1. The van der Waals surface area contributed by atoms with Crippen molar-refractivity contribution in [3.05, 3.63) is 31.9 Å². The van der Waals surface area contributed by atoms with Gasteiger partial charge >= 0.3 is 11.2 Å². The molecule has 0 saturated heterocycles. The van der Waals surface area contributed by atoms with E-state index in [9.17, 15) is 21.6 Å². The molecule has 0 saturated carbocycles. The van der Waals surface area contributed by atoms with Crippen LogP contribution in [0.25, 0.3) is 0 Å². The first-order valence-electron chi connectivity index (χ1n) is 5.65.